The Labute approximate surface area is 188 Å². The van der Waals surface area contributed by atoms with Gasteiger partial charge in [-0.2, -0.15) is 0 Å². The average Bonchev–Trinajstić information content (AvgIpc) is 3.44. The maximum absolute atomic E-state index is 12.9. The van der Waals surface area contributed by atoms with Crippen LogP contribution in [0.15, 0.2) is 42.5 Å². The smallest absolute Gasteiger partial charge is 0.253 e. The molecule has 0 spiro atoms. The van der Waals surface area contributed by atoms with E-state index in [9.17, 15) is 9.59 Å². The summed E-state index contributed by atoms with van der Waals surface area (Å²) in [6.07, 6.45) is 3.28. The molecular formula is C22H19Cl2N5O2. The second-order valence-electron chi connectivity index (χ2n) is 8.05. The molecule has 3 heterocycles. The lowest BCUT2D eigenvalue weighted by Gasteiger charge is -2.21. The summed E-state index contributed by atoms with van der Waals surface area (Å²) in [5.74, 6) is 0.533. The van der Waals surface area contributed by atoms with Crippen LogP contribution in [-0.4, -0.2) is 63.2 Å². The number of rotatable bonds is 3. The van der Waals surface area contributed by atoms with Crippen LogP contribution in [0.2, 0.25) is 10.0 Å². The van der Waals surface area contributed by atoms with E-state index in [1.807, 2.05) is 15.9 Å². The van der Waals surface area contributed by atoms with Crippen LogP contribution in [0.25, 0.3) is 17.1 Å². The molecule has 0 bridgehead atoms. The van der Waals surface area contributed by atoms with E-state index in [1.54, 1.807) is 42.5 Å². The minimum Gasteiger partial charge on any atom is -0.338 e. The van der Waals surface area contributed by atoms with Crippen molar-refractivity contribution in [2.24, 2.45) is 11.8 Å². The van der Waals surface area contributed by atoms with Gasteiger partial charge in [0.1, 0.15) is 5.52 Å². The van der Waals surface area contributed by atoms with Crippen molar-refractivity contribution in [1.29, 1.82) is 0 Å². The van der Waals surface area contributed by atoms with Gasteiger partial charge in [-0.1, -0.05) is 28.4 Å². The summed E-state index contributed by atoms with van der Waals surface area (Å²) in [4.78, 5) is 29.3. The highest BCUT2D eigenvalue weighted by atomic mass is 35.5. The SMILES string of the molecule is O=C(/C=C/c1cc(Cl)cc(Cl)c1)N1C[C@@H]2CN(C(=O)c3ccc4[nH]nnc4c3)C[C@H]2C1. The zero-order valence-electron chi connectivity index (χ0n) is 16.5. The van der Waals surface area contributed by atoms with Crippen molar-refractivity contribution in [1.82, 2.24) is 25.2 Å². The van der Waals surface area contributed by atoms with Gasteiger partial charge in [-0.25, -0.2) is 0 Å². The van der Waals surface area contributed by atoms with Crippen LogP contribution < -0.4 is 0 Å². The number of H-pyrrole nitrogens is 1. The zero-order chi connectivity index (χ0) is 21.5. The number of hydrogen-bond acceptors (Lipinski definition) is 4. The number of nitrogens with zero attached hydrogens (tertiary/aromatic N) is 4. The monoisotopic (exact) mass is 455 g/mol. The number of hydrogen-bond donors (Lipinski definition) is 1. The van der Waals surface area contributed by atoms with Gasteiger partial charge < -0.3 is 9.80 Å². The summed E-state index contributed by atoms with van der Waals surface area (Å²) in [6.45, 7) is 2.60. The fourth-order valence-corrected chi connectivity index (χ4v) is 4.98. The van der Waals surface area contributed by atoms with E-state index < -0.39 is 0 Å². The van der Waals surface area contributed by atoms with Gasteiger partial charge in [-0.3, -0.25) is 14.7 Å². The molecule has 0 saturated carbocycles. The number of aromatic nitrogens is 3. The second-order valence-corrected chi connectivity index (χ2v) is 8.93. The Morgan fingerprint density at radius 3 is 2.35 bits per heavy atom. The van der Waals surface area contributed by atoms with Gasteiger partial charge in [0, 0.05) is 59.7 Å². The summed E-state index contributed by atoms with van der Waals surface area (Å²) in [6, 6.07) is 10.5. The average molecular weight is 456 g/mol. The third kappa shape index (κ3) is 4.03. The Morgan fingerprint density at radius 1 is 0.968 bits per heavy atom. The third-order valence-electron chi connectivity index (χ3n) is 5.96. The number of amides is 2. The molecule has 158 valence electrons. The van der Waals surface area contributed by atoms with Crippen LogP contribution in [0.1, 0.15) is 15.9 Å². The molecule has 9 heteroatoms. The fourth-order valence-electron chi connectivity index (χ4n) is 4.44. The van der Waals surface area contributed by atoms with Gasteiger partial charge in [0.2, 0.25) is 5.91 Å². The first kappa shape index (κ1) is 20.0. The molecule has 2 aromatic carbocycles. The molecule has 31 heavy (non-hydrogen) atoms. The number of carbonyl (C=O) groups is 2. The molecule has 2 fully saturated rings. The van der Waals surface area contributed by atoms with Gasteiger partial charge in [0.15, 0.2) is 0 Å². The van der Waals surface area contributed by atoms with Crippen molar-refractivity contribution in [2.45, 2.75) is 0 Å². The van der Waals surface area contributed by atoms with Gasteiger partial charge in [-0.05, 0) is 48.0 Å². The molecule has 2 saturated heterocycles. The molecule has 3 aromatic rings. The van der Waals surface area contributed by atoms with E-state index in [0.29, 0.717) is 47.3 Å². The Bertz CT molecular complexity index is 1170. The first-order chi connectivity index (χ1) is 15.0. The molecule has 1 aromatic heterocycles. The van der Waals surface area contributed by atoms with Crippen molar-refractivity contribution in [2.75, 3.05) is 26.2 Å². The van der Waals surface area contributed by atoms with Crippen molar-refractivity contribution >= 4 is 52.1 Å². The number of carbonyl (C=O) groups excluding carboxylic acids is 2. The number of nitrogens with one attached hydrogen (secondary N) is 1. The number of benzene rings is 2. The standard InChI is InChI=1S/C22H19Cl2N5O2/c23-17-5-13(6-18(24)8-17)1-4-21(30)28-9-15-11-29(12-16(15)10-28)22(31)14-2-3-19-20(7-14)26-27-25-19/h1-8,15-16H,9-12H2,(H,25,26,27)/b4-1+/t15-,16-/m1/s1. The molecule has 0 aliphatic carbocycles. The molecular weight excluding hydrogens is 437 g/mol. The molecule has 2 atom stereocenters. The second kappa shape index (κ2) is 7.98. The number of fused-ring (bicyclic) bond motifs is 2. The van der Waals surface area contributed by atoms with Gasteiger partial charge in [-0.15, -0.1) is 5.10 Å². The van der Waals surface area contributed by atoms with Crippen LogP contribution in [0.5, 0.6) is 0 Å². The molecule has 2 aliphatic rings. The number of aromatic amines is 1. The first-order valence-corrected chi connectivity index (χ1v) is 10.7. The molecule has 7 nitrogen and oxygen atoms in total. The number of likely N-dealkylation sites (tertiary alicyclic amines) is 2. The van der Waals surface area contributed by atoms with E-state index in [0.717, 1.165) is 11.1 Å². The molecule has 2 aliphatic heterocycles. The maximum Gasteiger partial charge on any atom is 0.253 e. The first-order valence-electron chi connectivity index (χ1n) is 9.99. The summed E-state index contributed by atoms with van der Waals surface area (Å²) < 4.78 is 0. The lowest BCUT2D eigenvalue weighted by atomic mass is 10.0. The van der Waals surface area contributed by atoms with Crippen molar-refractivity contribution in [3.05, 3.63) is 63.6 Å². The predicted octanol–water partition coefficient (Wildman–Crippen LogP) is 3.51. The summed E-state index contributed by atoms with van der Waals surface area (Å²) in [5.41, 5.74) is 2.87. The molecule has 2 amide bonds. The number of halogens is 2. The van der Waals surface area contributed by atoms with Crippen LogP contribution in [0, 0.1) is 11.8 Å². The quantitative estimate of drug-likeness (QED) is 0.612. The maximum atomic E-state index is 12.9. The third-order valence-corrected chi connectivity index (χ3v) is 6.40. The summed E-state index contributed by atoms with van der Waals surface area (Å²) in [7, 11) is 0. The van der Waals surface area contributed by atoms with E-state index in [2.05, 4.69) is 15.4 Å². The zero-order valence-corrected chi connectivity index (χ0v) is 18.0. The molecule has 0 radical (unpaired) electrons. The largest absolute Gasteiger partial charge is 0.338 e. The van der Waals surface area contributed by atoms with Crippen molar-refractivity contribution < 1.29 is 9.59 Å². The van der Waals surface area contributed by atoms with Crippen LogP contribution in [0.4, 0.5) is 0 Å². The topological polar surface area (TPSA) is 82.2 Å². The lowest BCUT2D eigenvalue weighted by Crippen LogP contribution is -2.35. The molecule has 0 unspecified atom stereocenters. The minimum atomic E-state index is -0.0418. The Morgan fingerprint density at radius 2 is 1.65 bits per heavy atom. The highest BCUT2D eigenvalue weighted by molar-refractivity contribution is 6.34. The predicted molar refractivity (Wildman–Crippen MR) is 119 cm³/mol. The minimum absolute atomic E-state index is 0.00472. The van der Waals surface area contributed by atoms with Gasteiger partial charge in [0.05, 0.1) is 5.52 Å². The van der Waals surface area contributed by atoms with Crippen LogP contribution >= 0.6 is 23.2 Å². The Hall–Kier alpha value is -2.90. The highest BCUT2D eigenvalue weighted by Crippen LogP contribution is 2.32. The molecule has 5 rings (SSSR count). The van der Waals surface area contributed by atoms with Crippen molar-refractivity contribution in [3.8, 4) is 0 Å². The van der Waals surface area contributed by atoms with Crippen molar-refractivity contribution in [3.63, 3.8) is 0 Å². The molecule has 1 N–H and O–H groups in total. The fraction of sp³-hybridized carbons (Fsp3) is 0.273. The van der Waals surface area contributed by atoms with E-state index in [4.69, 9.17) is 23.2 Å². The normalized spacial score (nSPS) is 20.7. The van der Waals surface area contributed by atoms with Gasteiger partial charge in [0.25, 0.3) is 5.91 Å². The Balaban J connectivity index is 1.20. The van der Waals surface area contributed by atoms with Crippen LogP contribution in [-0.2, 0) is 4.79 Å². The summed E-state index contributed by atoms with van der Waals surface area (Å²) >= 11 is 12.0. The van der Waals surface area contributed by atoms with E-state index >= 15 is 0 Å². The lowest BCUT2D eigenvalue weighted by molar-refractivity contribution is -0.125. The van der Waals surface area contributed by atoms with E-state index in [-0.39, 0.29) is 23.7 Å². The van der Waals surface area contributed by atoms with Crippen LogP contribution in [0.3, 0.4) is 0 Å². The Kier molecular flexibility index (Phi) is 5.16. The van der Waals surface area contributed by atoms with E-state index in [1.165, 1.54) is 0 Å². The summed E-state index contributed by atoms with van der Waals surface area (Å²) in [5, 5.41) is 11.6. The van der Waals surface area contributed by atoms with Gasteiger partial charge >= 0.3 is 0 Å². The highest BCUT2D eigenvalue weighted by Gasteiger charge is 2.42.